The van der Waals surface area contributed by atoms with Gasteiger partial charge in [-0.1, -0.05) is 18.2 Å². The minimum Gasteiger partial charge on any atom is -0.355 e. The highest BCUT2D eigenvalue weighted by molar-refractivity contribution is 5.92. The van der Waals surface area contributed by atoms with E-state index in [-0.39, 0.29) is 11.8 Å². The van der Waals surface area contributed by atoms with Gasteiger partial charge in [0.2, 0.25) is 5.91 Å². The molecule has 0 unspecified atom stereocenters. The molecule has 1 N–H and O–H groups in total. The van der Waals surface area contributed by atoms with Gasteiger partial charge in [0.25, 0.3) is 0 Å². The number of nitrogens with one attached hydrogen (secondary N) is 1. The van der Waals surface area contributed by atoms with Crippen molar-refractivity contribution in [1.29, 1.82) is 0 Å². The summed E-state index contributed by atoms with van der Waals surface area (Å²) >= 11 is 0. The molecule has 24 heavy (non-hydrogen) atoms. The van der Waals surface area contributed by atoms with E-state index in [2.05, 4.69) is 25.5 Å². The van der Waals surface area contributed by atoms with Crippen molar-refractivity contribution in [2.45, 2.75) is 12.8 Å². The highest BCUT2D eigenvalue weighted by Gasteiger charge is 2.25. The summed E-state index contributed by atoms with van der Waals surface area (Å²) in [7, 11) is 0. The summed E-state index contributed by atoms with van der Waals surface area (Å²) in [5.41, 5.74) is 1.58. The van der Waals surface area contributed by atoms with Gasteiger partial charge in [-0.3, -0.25) is 4.79 Å². The van der Waals surface area contributed by atoms with E-state index in [0.717, 1.165) is 43.1 Å². The number of aromatic nitrogens is 4. The van der Waals surface area contributed by atoms with Gasteiger partial charge in [0.1, 0.15) is 12.1 Å². The second kappa shape index (κ2) is 6.27. The fraction of sp³-hybridized carbons (Fsp3) is 0.294. The van der Waals surface area contributed by atoms with Gasteiger partial charge < -0.3 is 10.2 Å². The lowest BCUT2D eigenvalue weighted by atomic mass is 9.96. The number of para-hydroxylation sites is 1. The normalized spacial score (nSPS) is 15.6. The van der Waals surface area contributed by atoms with Gasteiger partial charge in [0, 0.05) is 24.7 Å². The number of rotatable bonds is 3. The fourth-order valence-electron chi connectivity index (χ4n) is 3.02. The summed E-state index contributed by atoms with van der Waals surface area (Å²) in [4.78, 5) is 14.6. The van der Waals surface area contributed by atoms with Crippen LogP contribution in [0.4, 0.5) is 11.5 Å². The minimum absolute atomic E-state index is 0.0418. The average Bonchev–Trinajstić information content (AvgIpc) is 3.10. The minimum atomic E-state index is 0.0418. The molecule has 7 heteroatoms. The van der Waals surface area contributed by atoms with Crippen LogP contribution in [0.25, 0.3) is 5.65 Å². The van der Waals surface area contributed by atoms with Crippen LogP contribution in [0.2, 0.25) is 0 Å². The van der Waals surface area contributed by atoms with Gasteiger partial charge in [0.15, 0.2) is 5.65 Å². The van der Waals surface area contributed by atoms with E-state index in [1.54, 1.807) is 10.8 Å². The average molecular weight is 322 g/mol. The summed E-state index contributed by atoms with van der Waals surface area (Å²) < 4.78 is 1.67. The van der Waals surface area contributed by atoms with Crippen molar-refractivity contribution in [3.63, 3.8) is 0 Å². The van der Waals surface area contributed by atoms with Crippen LogP contribution in [-0.2, 0) is 4.79 Å². The Morgan fingerprint density at radius 2 is 1.88 bits per heavy atom. The van der Waals surface area contributed by atoms with Crippen LogP contribution in [0.5, 0.6) is 0 Å². The molecule has 1 amide bonds. The van der Waals surface area contributed by atoms with E-state index in [0.29, 0.717) is 0 Å². The summed E-state index contributed by atoms with van der Waals surface area (Å²) in [5, 5.41) is 15.3. The van der Waals surface area contributed by atoms with Crippen molar-refractivity contribution in [2.75, 3.05) is 23.3 Å². The molecular weight excluding hydrogens is 304 g/mol. The molecule has 0 bridgehead atoms. The molecule has 3 heterocycles. The fourth-order valence-corrected chi connectivity index (χ4v) is 3.02. The molecule has 3 aromatic rings. The Kier molecular flexibility index (Phi) is 3.82. The number of benzene rings is 1. The van der Waals surface area contributed by atoms with Crippen LogP contribution in [0.1, 0.15) is 12.8 Å². The number of carbonyl (C=O) groups is 1. The van der Waals surface area contributed by atoms with Crippen molar-refractivity contribution < 1.29 is 4.79 Å². The molecule has 0 atom stereocenters. The van der Waals surface area contributed by atoms with Gasteiger partial charge in [-0.2, -0.15) is 4.52 Å². The van der Waals surface area contributed by atoms with Crippen LogP contribution in [-0.4, -0.2) is 38.8 Å². The second-order valence-corrected chi connectivity index (χ2v) is 5.94. The first-order chi connectivity index (χ1) is 11.8. The first-order valence-corrected chi connectivity index (χ1v) is 8.07. The lowest BCUT2D eigenvalue weighted by Crippen LogP contribution is -2.38. The molecule has 4 rings (SSSR count). The zero-order chi connectivity index (χ0) is 16.4. The quantitative estimate of drug-likeness (QED) is 0.798. The molecule has 7 nitrogen and oxygen atoms in total. The van der Waals surface area contributed by atoms with E-state index in [9.17, 15) is 4.79 Å². The van der Waals surface area contributed by atoms with Crippen LogP contribution in [0.3, 0.4) is 0 Å². The first-order valence-electron chi connectivity index (χ1n) is 8.07. The van der Waals surface area contributed by atoms with Crippen molar-refractivity contribution in [2.24, 2.45) is 5.92 Å². The maximum Gasteiger partial charge on any atom is 0.227 e. The molecule has 0 radical (unpaired) electrons. The van der Waals surface area contributed by atoms with E-state index in [1.165, 1.54) is 0 Å². The summed E-state index contributed by atoms with van der Waals surface area (Å²) in [6.45, 7) is 1.63. The van der Waals surface area contributed by atoms with Gasteiger partial charge in [-0.15, -0.1) is 15.3 Å². The summed E-state index contributed by atoms with van der Waals surface area (Å²) in [6.07, 6.45) is 3.24. The van der Waals surface area contributed by atoms with Crippen LogP contribution in [0, 0.1) is 5.92 Å². The molecule has 0 spiro atoms. The number of carbonyl (C=O) groups excluding carboxylic acids is 1. The number of nitrogens with zero attached hydrogens (tertiary/aromatic N) is 5. The Labute approximate surface area is 139 Å². The summed E-state index contributed by atoms with van der Waals surface area (Å²) in [5.74, 6) is 1.03. The summed E-state index contributed by atoms with van der Waals surface area (Å²) in [6, 6.07) is 13.5. The first kappa shape index (κ1) is 14.6. The molecule has 2 aromatic heterocycles. The SMILES string of the molecule is O=C(Nc1ccccc1)C1CCN(c2ccc3nncn3n2)CC1. The number of amides is 1. The molecule has 1 aromatic carbocycles. The number of fused-ring (bicyclic) bond motifs is 1. The molecular formula is C17H18N6O. The predicted molar refractivity (Wildman–Crippen MR) is 90.8 cm³/mol. The van der Waals surface area contributed by atoms with Gasteiger partial charge in [0.05, 0.1) is 0 Å². The van der Waals surface area contributed by atoms with Crippen molar-refractivity contribution in [3.05, 3.63) is 48.8 Å². The standard InChI is InChI=1S/C17H18N6O/c24-17(19-14-4-2-1-3-5-14)13-8-10-22(11-9-13)16-7-6-15-20-18-12-23(15)21-16/h1-7,12-13H,8-11H2,(H,19,24). The Morgan fingerprint density at radius 1 is 1.08 bits per heavy atom. The van der Waals surface area contributed by atoms with Crippen LogP contribution in [0.15, 0.2) is 48.8 Å². The predicted octanol–water partition coefficient (Wildman–Crippen LogP) is 1.98. The number of anilines is 2. The highest BCUT2D eigenvalue weighted by atomic mass is 16.1. The third-order valence-electron chi connectivity index (χ3n) is 4.38. The van der Waals surface area contributed by atoms with Gasteiger partial charge >= 0.3 is 0 Å². The maximum atomic E-state index is 12.4. The van der Waals surface area contributed by atoms with Crippen LogP contribution < -0.4 is 10.2 Å². The van der Waals surface area contributed by atoms with Crippen molar-refractivity contribution in [3.8, 4) is 0 Å². The lowest BCUT2D eigenvalue weighted by Gasteiger charge is -2.32. The maximum absolute atomic E-state index is 12.4. The van der Waals surface area contributed by atoms with Gasteiger partial charge in [-0.05, 0) is 37.1 Å². The Hall–Kier alpha value is -2.96. The number of hydrogen-bond donors (Lipinski definition) is 1. The molecule has 0 saturated carbocycles. The van der Waals surface area contributed by atoms with Gasteiger partial charge in [-0.25, -0.2) is 0 Å². The lowest BCUT2D eigenvalue weighted by molar-refractivity contribution is -0.120. The molecule has 1 aliphatic heterocycles. The van der Waals surface area contributed by atoms with E-state index < -0.39 is 0 Å². The van der Waals surface area contributed by atoms with Crippen molar-refractivity contribution in [1.82, 2.24) is 19.8 Å². The van der Waals surface area contributed by atoms with E-state index >= 15 is 0 Å². The third kappa shape index (κ3) is 2.92. The zero-order valence-corrected chi connectivity index (χ0v) is 13.2. The zero-order valence-electron chi connectivity index (χ0n) is 13.2. The Balaban J connectivity index is 1.38. The van der Waals surface area contributed by atoms with Crippen molar-refractivity contribution >= 4 is 23.1 Å². The highest BCUT2D eigenvalue weighted by Crippen LogP contribution is 2.23. The monoisotopic (exact) mass is 322 g/mol. The van der Waals surface area contributed by atoms with E-state index in [1.807, 2.05) is 42.5 Å². The molecule has 1 aliphatic rings. The smallest absolute Gasteiger partial charge is 0.227 e. The molecule has 1 saturated heterocycles. The third-order valence-corrected chi connectivity index (χ3v) is 4.38. The number of hydrogen-bond acceptors (Lipinski definition) is 5. The molecule has 0 aliphatic carbocycles. The van der Waals surface area contributed by atoms with Crippen LogP contribution >= 0.6 is 0 Å². The number of piperidine rings is 1. The Morgan fingerprint density at radius 3 is 2.67 bits per heavy atom. The Bertz CT molecular complexity index is 838. The topological polar surface area (TPSA) is 75.4 Å². The second-order valence-electron chi connectivity index (χ2n) is 5.94. The molecule has 1 fully saturated rings. The van der Waals surface area contributed by atoms with E-state index in [4.69, 9.17) is 0 Å². The molecule has 122 valence electrons. The largest absolute Gasteiger partial charge is 0.355 e.